The quantitative estimate of drug-likeness (QED) is 0.938. The van der Waals surface area contributed by atoms with Gasteiger partial charge in [0.05, 0.1) is 34.9 Å². The Hall–Kier alpha value is -2.15. The molecule has 2 aromatic rings. The van der Waals surface area contributed by atoms with E-state index in [-0.39, 0.29) is 23.7 Å². The second-order valence-electron chi connectivity index (χ2n) is 4.42. The third kappa shape index (κ3) is 4.42. The number of pyridine rings is 2. The monoisotopic (exact) mass is 329 g/mol. The van der Waals surface area contributed by atoms with Gasteiger partial charge in [-0.25, -0.2) is 0 Å². The lowest BCUT2D eigenvalue weighted by molar-refractivity contribution is -0.137. The second kappa shape index (κ2) is 6.74. The third-order valence-corrected chi connectivity index (χ3v) is 3.09. The Kier molecular flexibility index (Phi) is 4.97. The largest absolute Gasteiger partial charge is 0.417 e. The maximum absolute atomic E-state index is 12.5. The standard InChI is InChI=1S/C14H11ClF3N3O/c15-11-5-9(14(16,17)18)7-20-12(11)6-13(22)21-8-10-3-1-2-4-19-10/h1-5,7H,6,8H2,(H,21,22). The van der Waals surface area contributed by atoms with Gasteiger partial charge in [0.2, 0.25) is 5.91 Å². The van der Waals surface area contributed by atoms with E-state index in [1.807, 2.05) is 0 Å². The molecule has 0 spiro atoms. The normalized spacial score (nSPS) is 11.3. The van der Waals surface area contributed by atoms with E-state index in [0.29, 0.717) is 11.9 Å². The van der Waals surface area contributed by atoms with Crippen LogP contribution in [0.3, 0.4) is 0 Å². The summed E-state index contributed by atoms with van der Waals surface area (Å²) >= 11 is 5.74. The molecule has 0 aliphatic carbocycles. The van der Waals surface area contributed by atoms with Crippen LogP contribution in [0.5, 0.6) is 0 Å². The van der Waals surface area contributed by atoms with Crippen LogP contribution < -0.4 is 5.32 Å². The number of carbonyl (C=O) groups excluding carboxylic acids is 1. The highest BCUT2D eigenvalue weighted by Gasteiger charge is 2.31. The topological polar surface area (TPSA) is 54.9 Å². The molecule has 116 valence electrons. The minimum atomic E-state index is -4.52. The molecule has 2 aromatic heterocycles. The molecule has 22 heavy (non-hydrogen) atoms. The van der Waals surface area contributed by atoms with Gasteiger partial charge in [0.25, 0.3) is 0 Å². The van der Waals surface area contributed by atoms with Crippen LogP contribution in [0.2, 0.25) is 5.02 Å². The van der Waals surface area contributed by atoms with Crippen LogP contribution >= 0.6 is 11.6 Å². The molecule has 0 saturated heterocycles. The van der Waals surface area contributed by atoms with Crippen molar-refractivity contribution >= 4 is 17.5 Å². The van der Waals surface area contributed by atoms with Crippen LogP contribution in [0.25, 0.3) is 0 Å². The minimum Gasteiger partial charge on any atom is -0.350 e. The van der Waals surface area contributed by atoms with Gasteiger partial charge in [0.1, 0.15) is 0 Å². The van der Waals surface area contributed by atoms with E-state index >= 15 is 0 Å². The van der Waals surface area contributed by atoms with Gasteiger partial charge < -0.3 is 5.32 Å². The Bertz CT molecular complexity index is 662. The highest BCUT2D eigenvalue weighted by Crippen LogP contribution is 2.31. The lowest BCUT2D eigenvalue weighted by Gasteiger charge is -2.09. The van der Waals surface area contributed by atoms with E-state index in [1.54, 1.807) is 24.4 Å². The highest BCUT2D eigenvalue weighted by molar-refractivity contribution is 6.31. The van der Waals surface area contributed by atoms with Crippen LogP contribution in [-0.2, 0) is 23.9 Å². The minimum absolute atomic E-state index is 0.0909. The fourth-order valence-electron chi connectivity index (χ4n) is 1.66. The zero-order valence-corrected chi connectivity index (χ0v) is 11.9. The predicted molar refractivity (Wildman–Crippen MR) is 74.0 cm³/mol. The van der Waals surface area contributed by atoms with Gasteiger partial charge in [-0.15, -0.1) is 0 Å². The third-order valence-electron chi connectivity index (χ3n) is 2.77. The molecule has 0 bridgehead atoms. The number of aromatic nitrogens is 2. The molecule has 0 aliphatic rings. The summed E-state index contributed by atoms with van der Waals surface area (Å²) in [4.78, 5) is 19.4. The van der Waals surface area contributed by atoms with Crippen molar-refractivity contribution in [2.75, 3.05) is 0 Å². The summed E-state index contributed by atoms with van der Waals surface area (Å²) in [6, 6.07) is 6.03. The first-order chi connectivity index (χ1) is 10.4. The van der Waals surface area contributed by atoms with Crippen LogP contribution in [0.4, 0.5) is 13.2 Å². The number of carbonyl (C=O) groups is 1. The molecular weight excluding hydrogens is 319 g/mol. The molecule has 0 aliphatic heterocycles. The first kappa shape index (κ1) is 16.2. The highest BCUT2D eigenvalue weighted by atomic mass is 35.5. The van der Waals surface area contributed by atoms with E-state index in [9.17, 15) is 18.0 Å². The van der Waals surface area contributed by atoms with E-state index in [2.05, 4.69) is 15.3 Å². The molecule has 0 aromatic carbocycles. The Morgan fingerprint density at radius 3 is 2.64 bits per heavy atom. The molecule has 2 heterocycles. The fraction of sp³-hybridized carbons (Fsp3) is 0.214. The van der Waals surface area contributed by atoms with Crippen LogP contribution in [0, 0.1) is 0 Å². The average Bonchev–Trinajstić information content (AvgIpc) is 2.47. The molecule has 8 heteroatoms. The number of hydrogen-bond donors (Lipinski definition) is 1. The number of amides is 1. The summed E-state index contributed by atoms with van der Waals surface area (Å²) in [5, 5.41) is 2.41. The van der Waals surface area contributed by atoms with Crippen molar-refractivity contribution in [2.24, 2.45) is 0 Å². The van der Waals surface area contributed by atoms with Gasteiger partial charge in [-0.3, -0.25) is 14.8 Å². The number of halogens is 4. The molecule has 2 rings (SSSR count). The van der Waals surface area contributed by atoms with Crippen molar-refractivity contribution in [2.45, 2.75) is 19.1 Å². The van der Waals surface area contributed by atoms with Crippen LogP contribution in [0.1, 0.15) is 17.0 Å². The van der Waals surface area contributed by atoms with Crippen molar-refractivity contribution in [1.82, 2.24) is 15.3 Å². The van der Waals surface area contributed by atoms with Crippen molar-refractivity contribution in [1.29, 1.82) is 0 Å². The van der Waals surface area contributed by atoms with Gasteiger partial charge in [0, 0.05) is 12.4 Å². The first-order valence-corrected chi connectivity index (χ1v) is 6.62. The van der Waals surface area contributed by atoms with Gasteiger partial charge in [-0.2, -0.15) is 13.2 Å². The molecule has 0 atom stereocenters. The number of nitrogens with zero attached hydrogens (tertiary/aromatic N) is 2. The van der Waals surface area contributed by atoms with E-state index in [4.69, 9.17) is 11.6 Å². The molecule has 1 N–H and O–H groups in total. The molecule has 0 radical (unpaired) electrons. The molecular formula is C14H11ClF3N3O. The van der Waals surface area contributed by atoms with Crippen LogP contribution in [0.15, 0.2) is 36.7 Å². The number of alkyl halides is 3. The van der Waals surface area contributed by atoms with Gasteiger partial charge >= 0.3 is 6.18 Å². The van der Waals surface area contributed by atoms with Gasteiger partial charge in [0.15, 0.2) is 0 Å². The maximum atomic E-state index is 12.5. The number of nitrogens with one attached hydrogen (secondary N) is 1. The summed E-state index contributed by atoms with van der Waals surface area (Å²) in [5.74, 6) is -0.403. The van der Waals surface area contributed by atoms with Crippen molar-refractivity contribution in [3.8, 4) is 0 Å². The average molecular weight is 330 g/mol. The number of hydrogen-bond acceptors (Lipinski definition) is 3. The van der Waals surface area contributed by atoms with Gasteiger partial charge in [-0.05, 0) is 18.2 Å². The van der Waals surface area contributed by atoms with E-state index in [0.717, 1.165) is 6.07 Å². The fourth-order valence-corrected chi connectivity index (χ4v) is 1.89. The SMILES string of the molecule is O=C(Cc1ncc(C(F)(F)F)cc1Cl)NCc1ccccn1. The number of rotatable bonds is 4. The Labute approximate surface area is 129 Å². The molecule has 0 fully saturated rings. The lowest BCUT2D eigenvalue weighted by Crippen LogP contribution is -2.25. The zero-order chi connectivity index (χ0) is 16.2. The van der Waals surface area contributed by atoms with Crippen molar-refractivity contribution in [3.63, 3.8) is 0 Å². The molecule has 1 amide bonds. The van der Waals surface area contributed by atoms with Crippen molar-refractivity contribution < 1.29 is 18.0 Å². The van der Waals surface area contributed by atoms with E-state index < -0.39 is 17.6 Å². The Morgan fingerprint density at radius 2 is 2.05 bits per heavy atom. The molecule has 0 saturated carbocycles. The zero-order valence-electron chi connectivity index (χ0n) is 11.2. The Morgan fingerprint density at radius 1 is 1.27 bits per heavy atom. The summed E-state index contributed by atoms with van der Waals surface area (Å²) in [5.41, 5.74) is -0.189. The Balaban J connectivity index is 1.97. The second-order valence-corrected chi connectivity index (χ2v) is 4.83. The molecule has 0 unspecified atom stereocenters. The maximum Gasteiger partial charge on any atom is 0.417 e. The first-order valence-electron chi connectivity index (χ1n) is 6.24. The van der Waals surface area contributed by atoms with Gasteiger partial charge in [-0.1, -0.05) is 17.7 Å². The van der Waals surface area contributed by atoms with Crippen molar-refractivity contribution in [3.05, 3.63) is 58.6 Å². The lowest BCUT2D eigenvalue weighted by atomic mass is 10.2. The summed E-state index contributed by atoms with van der Waals surface area (Å²) in [6.07, 6.45) is -2.47. The van der Waals surface area contributed by atoms with Crippen LogP contribution in [-0.4, -0.2) is 15.9 Å². The predicted octanol–water partition coefficient (Wildman–Crippen LogP) is 3.01. The summed E-state index contributed by atoms with van der Waals surface area (Å²) < 4.78 is 37.5. The summed E-state index contributed by atoms with van der Waals surface area (Å²) in [6.45, 7) is 0.220. The summed E-state index contributed by atoms with van der Waals surface area (Å²) in [7, 11) is 0. The smallest absolute Gasteiger partial charge is 0.350 e. The molecule has 4 nitrogen and oxygen atoms in total. The van der Waals surface area contributed by atoms with E-state index in [1.165, 1.54) is 0 Å².